The average molecular weight is 266 g/mol. The van der Waals surface area contributed by atoms with Gasteiger partial charge in [0.25, 0.3) is 5.91 Å². The average Bonchev–Trinajstić information content (AvgIpc) is 2.39. The number of hydrazine groups is 1. The number of nitrogens with two attached hydrogens (primary N) is 1. The molecule has 1 aliphatic heterocycles. The van der Waals surface area contributed by atoms with Gasteiger partial charge in [-0.25, -0.2) is 5.84 Å². The van der Waals surface area contributed by atoms with Crippen molar-refractivity contribution in [2.45, 2.75) is 13.5 Å². The van der Waals surface area contributed by atoms with Crippen molar-refractivity contribution in [2.75, 3.05) is 26.9 Å². The molecule has 6 heteroatoms. The van der Waals surface area contributed by atoms with E-state index in [1.165, 1.54) is 7.05 Å². The molecule has 0 unspecified atom stereocenters. The van der Waals surface area contributed by atoms with Gasteiger partial charge in [-0.05, 0) is 30.2 Å². The second-order valence-electron chi connectivity index (χ2n) is 4.42. The molecule has 1 aliphatic rings. The number of fused-ring (bicyclic) bond motifs is 1. The number of amides is 1. The first-order valence-electron chi connectivity index (χ1n) is 6.06. The predicted octanol–water partition coefficient (Wildman–Crippen LogP) is 0.615. The summed E-state index contributed by atoms with van der Waals surface area (Å²) in [4.78, 5) is 11.3. The fourth-order valence-corrected chi connectivity index (χ4v) is 1.74. The summed E-state index contributed by atoms with van der Waals surface area (Å²) in [6, 6.07) is 3.81. The van der Waals surface area contributed by atoms with Gasteiger partial charge in [0.05, 0.1) is 6.61 Å². The van der Waals surface area contributed by atoms with Gasteiger partial charge in [-0.1, -0.05) is 0 Å². The quantitative estimate of drug-likeness (QED) is 0.491. The minimum Gasteiger partial charge on any atom is -0.486 e. The molecule has 104 valence electrons. The monoisotopic (exact) mass is 266 g/mol. The normalized spacial score (nSPS) is 13.2. The van der Waals surface area contributed by atoms with Gasteiger partial charge in [0.2, 0.25) is 0 Å². The van der Waals surface area contributed by atoms with Crippen LogP contribution in [0.5, 0.6) is 11.5 Å². The van der Waals surface area contributed by atoms with Crippen molar-refractivity contribution in [2.24, 2.45) is 5.84 Å². The van der Waals surface area contributed by atoms with Gasteiger partial charge in [-0.3, -0.25) is 9.80 Å². The summed E-state index contributed by atoms with van der Waals surface area (Å²) in [5.74, 6) is 6.51. The van der Waals surface area contributed by atoms with E-state index in [1.54, 1.807) is 0 Å². The lowest BCUT2D eigenvalue weighted by atomic mass is 10.1. The third-order valence-electron chi connectivity index (χ3n) is 2.88. The molecule has 2 N–H and O–H groups in total. The van der Waals surface area contributed by atoms with Crippen molar-refractivity contribution in [1.82, 2.24) is 5.01 Å². The minimum atomic E-state index is -0.268. The van der Waals surface area contributed by atoms with Crippen molar-refractivity contribution in [1.29, 1.82) is 0 Å². The van der Waals surface area contributed by atoms with Crippen LogP contribution < -0.4 is 15.3 Å². The van der Waals surface area contributed by atoms with Crippen molar-refractivity contribution in [3.8, 4) is 11.5 Å². The van der Waals surface area contributed by atoms with Crippen LogP contribution in [0.15, 0.2) is 12.1 Å². The fourth-order valence-electron chi connectivity index (χ4n) is 1.74. The Kier molecular flexibility index (Phi) is 4.24. The third kappa shape index (κ3) is 3.36. The first-order valence-corrected chi connectivity index (χ1v) is 6.06. The van der Waals surface area contributed by atoms with Crippen LogP contribution in [0.3, 0.4) is 0 Å². The fraction of sp³-hybridized carbons (Fsp3) is 0.462. The molecule has 6 nitrogen and oxygen atoms in total. The van der Waals surface area contributed by atoms with Crippen LogP contribution in [0.4, 0.5) is 0 Å². The standard InChI is InChI=1S/C13H18N2O4/c1-9-5-11-12(19-4-3-18-11)6-10(9)7-17-8-13(16)15(2)14/h5-6H,3-4,7-8,14H2,1-2H3. The van der Waals surface area contributed by atoms with Crippen LogP contribution in [-0.4, -0.2) is 37.8 Å². The zero-order chi connectivity index (χ0) is 13.8. The number of nitrogens with zero attached hydrogens (tertiary/aromatic N) is 1. The summed E-state index contributed by atoms with van der Waals surface area (Å²) < 4.78 is 16.3. The zero-order valence-corrected chi connectivity index (χ0v) is 11.1. The molecule has 0 atom stereocenters. The molecule has 0 saturated heterocycles. The Hall–Kier alpha value is -1.79. The molecule has 0 saturated carbocycles. The van der Waals surface area contributed by atoms with Gasteiger partial charge in [-0.2, -0.15) is 0 Å². The van der Waals surface area contributed by atoms with Crippen molar-refractivity contribution >= 4 is 5.91 Å². The second-order valence-corrected chi connectivity index (χ2v) is 4.42. The van der Waals surface area contributed by atoms with E-state index >= 15 is 0 Å². The number of rotatable bonds is 4. The van der Waals surface area contributed by atoms with E-state index < -0.39 is 0 Å². The predicted molar refractivity (Wildman–Crippen MR) is 68.8 cm³/mol. The Morgan fingerprint density at radius 1 is 1.37 bits per heavy atom. The van der Waals surface area contributed by atoms with Crippen LogP contribution >= 0.6 is 0 Å². The molecule has 1 aromatic carbocycles. The van der Waals surface area contributed by atoms with Crippen molar-refractivity contribution in [3.05, 3.63) is 23.3 Å². The van der Waals surface area contributed by atoms with Gasteiger partial charge >= 0.3 is 0 Å². The number of benzene rings is 1. The molecule has 1 heterocycles. The number of hydrogen-bond donors (Lipinski definition) is 1. The molecule has 0 radical (unpaired) electrons. The first kappa shape index (κ1) is 13.6. The number of likely N-dealkylation sites (N-methyl/N-ethyl adjacent to an activating group) is 1. The molecule has 19 heavy (non-hydrogen) atoms. The highest BCUT2D eigenvalue weighted by Gasteiger charge is 2.14. The van der Waals surface area contributed by atoms with Crippen LogP contribution in [0.1, 0.15) is 11.1 Å². The minimum absolute atomic E-state index is 0.0408. The van der Waals surface area contributed by atoms with E-state index in [1.807, 2.05) is 19.1 Å². The molecule has 0 aromatic heterocycles. The third-order valence-corrected chi connectivity index (χ3v) is 2.88. The number of aryl methyl sites for hydroxylation is 1. The van der Waals surface area contributed by atoms with Crippen molar-refractivity contribution in [3.63, 3.8) is 0 Å². The molecule has 2 rings (SSSR count). The largest absolute Gasteiger partial charge is 0.486 e. The maximum atomic E-state index is 11.3. The summed E-state index contributed by atoms with van der Waals surface area (Å²) in [5.41, 5.74) is 2.01. The van der Waals surface area contributed by atoms with E-state index in [9.17, 15) is 4.79 Å². The van der Waals surface area contributed by atoms with Gasteiger partial charge in [-0.15, -0.1) is 0 Å². The highest BCUT2D eigenvalue weighted by Crippen LogP contribution is 2.33. The van der Waals surface area contributed by atoms with E-state index in [2.05, 4.69) is 0 Å². The Bertz CT molecular complexity index is 474. The van der Waals surface area contributed by atoms with Crippen LogP contribution in [0.2, 0.25) is 0 Å². The van der Waals surface area contributed by atoms with Crippen molar-refractivity contribution < 1.29 is 19.0 Å². The summed E-state index contributed by atoms with van der Waals surface area (Å²) in [6.45, 7) is 3.38. The lowest BCUT2D eigenvalue weighted by Crippen LogP contribution is -2.35. The smallest absolute Gasteiger partial charge is 0.262 e. The number of carbonyl (C=O) groups is 1. The number of hydrogen-bond acceptors (Lipinski definition) is 5. The SMILES string of the molecule is Cc1cc2c(cc1COCC(=O)N(C)N)OCCO2. The molecule has 0 aliphatic carbocycles. The van der Waals surface area contributed by atoms with Gasteiger partial charge in [0.1, 0.15) is 19.8 Å². The van der Waals surface area contributed by atoms with Gasteiger partial charge in [0, 0.05) is 7.05 Å². The Morgan fingerprint density at radius 2 is 2.00 bits per heavy atom. The molecular formula is C13H18N2O4. The molecule has 1 amide bonds. The molecule has 0 fully saturated rings. The maximum absolute atomic E-state index is 11.3. The first-order chi connectivity index (χ1) is 9.08. The van der Waals surface area contributed by atoms with Crippen LogP contribution in [-0.2, 0) is 16.1 Å². The molecule has 1 aromatic rings. The van der Waals surface area contributed by atoms with Gasteiger partial charge < -0.3 is 14.2 Å². The van der Waals surface area contributed by atoms with E-state index in [0.29, 0.717) is 19.8 Å². The zero-order valence-electron chi connectivity index (χ0n) is 11.1. The molecular weight excluding hydrogens is 248 g/mol. The summed E-state index contributed by atoms with van der Waals surface area (Å²) in [7, 11) is 1.49. The Balaban J connectivity index is 1.98. The van der Waals surface area contributed by atoms with E-state index in [0.717, 1.165) is 27.6 Å². The topological polar surface area (TPSA) is 74.0 Å². The van der Waals surface area contributed by atoms with Crippen LogP contribution in [0, 0.1) is 6.92 Å². The highest BCUT2D eigenvalue weighted by molar-refractivity contribution is 5.76. The lowest BCUT2D eigenvalue weighted by Gasteiger charge is -2.20. The van der Waals surface area contributed by atoms with Gasteiger partial charge in [0.15, 0.2) is 11.5 Å². The van der Waals surface area contributed by atoms with E-state index in [-0.39, 0.29) is 12.5 Å². The molecule has 0 bridgehead atoms. The Labute approximate surface area is 112 Å². The summed E-state index contributed by atoms with van der Waals surface area (Å²) >= 11 is 0. The highest BCUT2D eigenvalue weighted by atomic mass is 16.6. The summed E-state index contributed by atoms with van der Waals surface area (Å²) in [6.07, 6.45) is 0. The van der Waals surface area contributed by atoms with E-state index in [4.69, 9.17) is 20.1 Å². The maximum Gasteiger partial charge on any atom is 0.262 e. The number of ether oxygens (including phenoxy) is 3. The number of carbonyl (C=O) groups excluding carboxylic acids is 1. The Morgan fingerprint density at radius 3 is 2.63 bits per heavy atom. The summed E-state index contributed by atoms with van der Waals surface area (Å²) in [5, 5.41) is 1.01. The lowest BCUT2D eigenvalue weighted by molar-refractivity contribution is -0.135. The molecule has 0 spiro atoms. The van der Waals surface area contributed by atoms with Crippen LogP contribution in [0.25, 0.3) is 0 Å². The second kappa shape index (κ2) is 5.90.